The first-order chi connectivity index (χ1) is 9.33. The third-order valence-corrected chi connectivity index (χ3v) is 2.68. The minimum absolute atomic E-state index is 0.101. The van der Waals surface area contributed by atoms with Crippen molar-refractivity contribution in [1.29, 1.82) is 0 Å². The van der Waals surface area contributed by atoms with Crippen LogP contribution < -0.4 is 10.1 Å². The molecule has 0 amide bonds. The van der Waals surface area contributed by atoms with Gasteiger partial charge in [0.25, 0.3) is 0 Å². The van der Waals surface area contributed by atoms with Crippen LogP contribution in [0.3, 0.4) is 0 Å². The molecule has 2 nitrogen and oxygen atoms in total. The van der Waals surface area contributed by atoms with E-state index in [-0.39, 0.29) is 12.2 Å². The van der Waals surface area contributed by atoms with Gasteiger partial charge >= 0.3 is 12.8 Å². The molecule has 0 aliphatic carbocycles. The molecule has 0 aliphatic rings. The van der Waals surface area contributed by atoms with Crippen molar-refractivity contribution in [2.75, 3.05) is 6.54 Å². The van der Waals surface area contributed by atoms with Crippen LogP contribution in [0.25, 0.3) is 0 Å². The van der Waals surface area contributed by atoms with Gasteiger partial charge in [0.1, 0.15) is 5.75 Å². The first kappa shape index (κ1) is 16.7. The minimum atomic E-state index is -4.29. The zero-order valence-electron chi connectivity index (χ0n) is 10.9. The first-order valence-electron chi connectivity index (χ1n) is 6.17. The highest BCUT2D eigenvalue weighted by Gasteiger charge is 2.29. The van der Waals surface area contributed by atoms with Gasteiger partial charge in [0.15, 0.2) is 0 Å². The Morgan fingerprint density at radius 1 is 1.20 bits per heavy atom. The molecule has 0 radical (unpaired) electrons. The molecule has 0 saturated carbocycles. The van der Waals surface area contributed by atoms with Crippen LogP contribution in [-0.2, 0) is 0 Å². The Morgan fingerprint density at radius 2 is 1.85 bits per heavy atom. The quantitative estimate of drug-likeness (QED) is 0.758. The van der Waals surface area contributed by atoms with Crippen molar-refractivity contribution in [2.24, 2.45) is 0 Å². The van der Waals surface area contributed by atoms with Crippen molar-refractivity contribution in [3.8, 4) is 5.75 Å². The molecule has 1 aromatic carbocycles. The average Bonchev–Trinajstić information content (AvgIpc) is 2.33. The van der Waals surface area contributed by atoms with Crippen LogP contribution in [-0.4, -0.2) is 19.3 Å². The summed E-state index contributed by atoms with van der Waals surface area (Å²) < 4.78 is 65.9. The number of para-hydroxylation sites is 1. The fourth-order valence-electron chi connectivity index (χ4n) is 1.89. The van der Waals surface area contributed by atoms with Crippen molar-refractivity contribution < 1.29 is 26.7 Å². The summed E-state index contributed by atoms with van der Waals surface area (Å²) in [6.07, 6.45) is -5.51. The SMILES string of the molecule is CCNC(CCC(F)(F)F)c1ccccc1OC(F)F. The van der Waals surface area contributed by atoms with Gasteiger partial charge in [-0.2, -0.15) is 22.0 Å². The number of benzene rings is 1. The van der Waals surface area contributed by atoms with Gasteiger partial charge in [-0.1, -0.05) is 25.1 Å². The van der Waals surface area contributed by atoms with E-state index < -0.39 is 25.3 Å². The van der Waals surface area contributed by atoms with E-state index >= 15 is 0 Å². The smallest absolute Gasteiger partial charge is 0.389 e. The van der Waals surface area contributed by atoms with Crippen molar-refractivity contribution in [3.05, 3.63) is 29.8 Å². The Labute approximate surface area is 113 Å². The maximum atomic E-state index is 12.3. The van der Waals surface area contributed by atoms with E-state index in [0.717, 1.165) is 0 Å². The second-order valence-electron chi connectivity index (χ2n) is 4.18. The van der Waals surface area contributed by atoms with Gasteiger partial charge in [-0.25, -0.2) is 0 Å². The molecule has 114 valence electrons. The number of alkyl halides is 5. The highest BCUT2D eigenvalue weighted by molar-refractivity contribution is 5.36. The average molecular weight is 297 g/mol. The third-order valence-electron chi connectivity index (χ3n) is 2.68. The summed E-state index contributed by atoms with van der Waals surface area (Å²) in [5.41, 5.74) is 0.305. The molecule has 0 aromatic heterocycles. The topological polar surface area (TPSA) is 21.3 Å². The molecule has 1 N–H and O–H groups in total. The summed E-state index contributed by atoms with van der Waals surface area (Å²) in [7, 11) is 0. The van der Waals surface area contributed by atoms with Gasteiger partial charge in [-0.3, -0.25) is 0 Å². The van der Waals surface area contributed by atoms with Crippen molar-refractivity contribution in [2.45, 2.75) is 38.6 Å². The Hall–Kier alpha value is -1.37. The molecule has 7 heteroatoms. The summed E-state index contributed by atoms with van der Waals surface area (Å²) in [5.74, 6) is -0.101. The summed E-state index contributed by atoms with van der Waals surface area (Å²) in [6.45, 7) is -0.857. The Morgan fingerprint density at radius 3 is 2.40 bits per heavy atom. The van der Waals surface area contributed by atoms with Crippen molar-refractivity contribution in [1.82, 2.24) is 5.32 Å². The van der Waals surface area contributed by atoms with Crippen LogP contribution in [0, 0.1) is 0 Å². The lowest BCUT2D eigenvalue weighted by molar-refractivity contribution is -0.136. The van der Waals surface area contributed by atoms with Crippen LogP contribution in [0.4, 0.5) is 22.0 Å². The van der Waals surface area contributed by atoms with Gasteiger partial charge in [-0.05, 0) is 19.0 Å². The molecular weight excluding hydrogens is 281 g/mol. The van der Waals surface area contributed by atoms with Gasteiger partial charge in [0, 0.05) is 18.0 Å². The Bertz CT molecular complexity index is 408. The normalized spacial score (nSPS) is 13.6. The van der Waals surface area contributed by atoms with E-state index in [1.54, 1.807) is 13.0 Å². The third kappa shape index (κ3) is 5.73. The molecular formula is C13H16F5NO. The van der Waals surface area contributed by atoms with Crippen molar-refractivity contribution >= 4 is 0 Å². The number of halogens is 5. The highest BCUT2D eigenvalue weighted by Crippen LogP contribution is 2.32. The fourth-order valence-corrected chi connectivity index (χ4v) is 1.89. The van der Waals surface area contributed by atoms with Gasteiger partial charge in [-0.15, -0.1) is 0 Å². The van der Waals surface area contributed by atoms with E-state index in [2.05, 4.69) is 10.1 Å². The highest BCUT2D eigenvalue weighted by atomic mass is 19.4. The molecule has 0 bridgehead atoms. The number of rotatable bonds is 7. The molecule has 0 heterocycles. The molecule has 1 aromatic rings. The molecule has 0 saturated heterocycles. The largest absolute Gasteiger partial charge is 0.434 e. The summed E-state index contributed by atoms with van der Waals surface area (Å²) >= 11 is 0. The Kier molecular flexibility index (Phi) is 6.19. The van der Waals surface area contributed by atoms with E-state index in [9.17, 15) is 22.0 Å². The first-order valence-corrected chi connectivity index (χ1v) is 6.17. The lowest BCUT2D eigenvalue weighted by Crippen LogP contribution is -2.24. The zero-order valence-corrected chi connectivity index (χ0v) is 10.9. The van der Waals surface area contributed by atoms with Crippen LogP contribution in [0.5, 0.6) is 5.75 Å². The van der Waals surface area contributed by atoms with Crippen LogP contribution in [0.15, 0.2) is 24.3 Å². The van der Waals surface area contributed by atoms with Crippen LogP contribution in [0.1, 0.15) is 31.4 Å². The fraction of sp³-hybridized carbons (Fsp3) is 0.538. The standard InChI is InChI=1S/C13H16F5NO/c1-2-19-10(7-8-13(16,17)18)9-5-3-4-6-11(9)20-12(14)15/h3-6,10,12,19H,2,7-8H2,1H3. The second kappa shape index (κ2) is 7.42. The van der Waals surface area contributed by atoms with E-state index in [0.29, 0.717) is 12.1 Å². The van der Waals surface area contributed by atoms with Crippen LogP contribution >= 0.6 is 0 Å². The molecule has 0 spiro atoms. The molecule has 1 atom stereocenters. The summed E-state index contributed by atoms with van der Waals surface area (Å²) in [6, 6.07) is 5.19. The molecule has 0 aliphatic heterocycles. The zero-order chi connectivity index (χ0) is 15.2. The Balaban J connectivity index is 2.90. The predicted molar refractivity (Wildman–Crippen MR) is 64.8 cm³/mol. The molecule has 0 fully saturated rings. The summed E-state index contributed by atoms with van der Waals surface area (Å²) in [4.78, 5) is 0. The number of nitrogens with one attached hydrogen (secondary N) is 1. The monoisotopic (exact) mass is 297 g/mol. The lowest BCUT2D eigenvalue weighted by Gasteiger charge is -2.21. The van der Waals surface area contributed by atoms with E-state index in [1.165, 1.54) is 18.2 Å². The van der Waals surface area contributed by atoms with Gasteiger partial charge < -0.3 is 10.1 Å². The summed E-state index contributed by atoms with van der Waals surface area (Å²) in [5, 5.41) is 2.86. The predicted octanol–water partition coefficient (Wildman–Crippen LogP) is 4.28. The van der Waals surface area contributed by atoms with Crippen LogP contribution in [0.2, 0.25) is 0 Å². The number of ether oxygens (including phenoxy) is 1. The van der Waals surface area contributed by atoms with Crippen molar-refractivity contribution in [3.63, 3.8) is 0 Å². The maximum Gasteiger partial charge on any atom is 0.389 e. The minimum Gasteiger partial charge on any atom is -0.434 e. The van der Waals surface area contributed by atoms with E-state index in [4.69, 9.17) is 0 Å². The van der Waals surface area contributed by atoms with E-state index in [1.807, 2.05) is 0 Å². The second-order valence-corrected chi connectivity index (χ2v) is 4.18. The number of hydrogen-bond donors (Lipinski definition) is 1. The number of hydrogen-bond acceptors (Lipinski definition) is 2. The molecule has 1 rings (SSSR count). The van der Waals surface area contributed by atoms with Gasteiger partial charge in [0.2, 0.25) is 0 Å². The molecule has 20 heavy (non-hydrogen) atoms. The maximum absolute atomic E-state index is 12.3. The van der Waals surface area contributed by atoms with Gasteiger partial charge in [0.05, 0.1) is 0 Å². The molecule has 1 unspecified atom stereocenters. The lowest BCUT2D eigenvalue weighted by atomic mass is 10.0.